The second kappa shape index (κ2) is 14.0. The van der Waals surface area contributed by atoms with Crippen LogP contribution in [0.2, 0.25) is 0 Å². The number of hydrogen-bond donors (Lipinski definition) is 2. The molecule has 0 heterocycles. The van der Waals surface area contributed by atoms with Gasteiger partial charge in [-0.05, 0) is 6.42 Å². The van der Waals surface area contributed by atoms with Crippen LogP contribution in [0.15, 0.2) is 0 Å². The molecule has 0 fully saturated rings. The molecule has 0 saturated heterocycles. The van der Waals surface area contributed by atoms with Crippen molar-refractivity contribution in [2.24, 2.45) is 5.73 Å². The highest BCUT2D eigenvalue weighted by molar-refractivity contribution is 5.97. The molecule has 0 spiro atoms. The van der Waals surface area contributed by atoms with Crippen molar-refractivity contribution < 1.29 is 19.5 Å². The number of carbonyl (C=O) groups is 3. The fourth-order valence-corrected chi connectivity index (χ4v) is 2.64. The smallest absolute Gasteiger partial charge is 0.258 e. The Kier molecular flexibility index (Phi) is 13.1. The molecule has 1 atom stereocenters. The van der Waals surface area contributed by atoms with Crippen molar-refractivity contribution in [1.29, 1.82) is 0 Å². The van der Waals surface area contributed by atoms with Gasteiger partial charge in [-0.3, -0.25) is 19.3 Å². The lowest BCUT2D eigenvalue weighted by atomic mass is 10.1. The Morgan fingerprint density at radius 3 is 1.79 bits per heavy atom. The van der Waals surface area contributed by atoms with Gasteiger partial charge in [-0.2, -0.15) is 0 Å². The molecule has 3 N–H and O–H groups in total. The highest BCUT2D eigenvalue weighted by atomic mass is 16.3. The quantitative estimate of drug-likeness (QED) is 0.474. The predicted molar refractivity (Wildman–Crippen MR) is 94.1 cm³/mol. The van der Waals surface area contributed by atoms with Crippen molar-refractivity contribution in [2.75, 3.05) is 6.54 Å². The van der Waals surface area contributed by atoms with Gasteiger partial charge >= 0.3 is 0 Å². The number of rotatable bonds is 14. The molecule has 0 aromatic carbocycles. The lowest BCUT2D eigenvalue weighted by Crippen LogP contribution is -2.44. The largest absolute Gasteiger partial charge is 0.383 e. The summed E-state index contributed by atoms with van der Waals surface area (Å²) in [4.78, 5) is 35.3. The SMILES string of the molecule is CCCCCCCCCCCCN(C(C)=O)C(=O)C(O)CC(N)=O. The molecule has 0 aliphatic carbocycles. The van der Waals surface area contributed by atoms with E-state index in [9.17, 15) is 19.5 Å². The molecule has 6 heteroatoms. The summed E-state index contributed by atoms with van der Waals surface area (Å²) in [7, 11) is 0. The second-order valence-corrected chi connectivity index (χ2v) is 6.38. The molecule has 0 aromatic heterocycles. The van der Waals surface area contributed by atoms with E-state index in [1.165, 1.54) is 51.9 Å². The molecule has 0 rings (SSSR count). The monoisotopic (exact) mass is 342 g/mol. The summed E-state index contributed by atoms with van der Waals surface area (Å²) in [6, 6.07) is 0. The first-order chi connectivity index (χ1) is 11.4. The van der Waals surface area contributed by atoms with Crippen LogP contribution in [0.1, 0.15) is 84.5 Å². The molecule has 0 aromatic rings. The Bertz CT molecular complexity index is 385. The zero-order valence-corrected chi connectivity index (χ0v) is 15.3. The van der Waals surface area contributed by atoms with E-state index < -0.39 is 30.2 Å². The van der Waals surface area contributed by atoms with Crippen LogP contribution in [-0.4, -0.2) is 40.4 Å². The summed E-state index contributed by atoms with van der Waals surface area (Å²) in [6.07, 6.45) is 9.63. The molecule has 0 bridgehead atoms. The highest BCUT2D eigenvalue weighted by Gasteiger charge is 2.26. The maximum atomic E-state index is 12.0. The van der Waals surface area contributed by atoms with Gasteiger partial charge in [0.15, 0.2) is 0 Å². The summed E-state index contributed by atoms with van der Waals surface area (Å²) < 4.78 is 0. The van der Waals surface area contributed by atoms with Crippen LogP contribution >= 0.6 is 0 Å². The van der Waals surface area contributed by atoms with E-state index in [-0.39, 0.29) is 6.54 Å². The van der Waals surface area contributed by atoms with Gasteiger partial charge in [-0.15, -0.1) is 0 Å². The molecule has 0 saturated carbocycles. The summed E-state index contributed by atoms with van der Waals surface area (Å²) in [5.74, 6) is -1.92. The number of hydrogen-bond acceptors (Lipinski definition) is 4. The molecule has 0 aliphatic rings. The Balaban J connectivity index is 3.88. The number of aliphatic hydroxyl groups excluding tert-OH is 1. The van der Waals surface area contributed by atoms with E-state index in [0.29, 0.717) is 6.42 Å². The van der Waals surface area contributed by atoms with Gasteiger partial charge in [0.05, 0.1) is 6.42 Å². The number of primary amides is 1. The molecule has 0 aliphatic heterocycles. The van der Waals surface area contributed by atoms with Crippen LogP contribution in [0.3, 0.4) is 0 Å². The van der Waals surface area contributed by atoms with E-state index in [0.717, 1.165) is 17.7 Å². The molecular weight excluding hydrogens is 308 g/mol. The Morgan fingerprint density at radius 2 is 1.38 bits per heavy atom. The number of unbranched alkanes of at least 4 members (excludes halogenated alkanes) is 9. The summed E-state index contributed by atoms with van der Waals surface area (Å²) >= 11 is 0. The van der Waals surface area contributed by atoms with Gasteiger partial charge in [0.25, 0.3) is 5.91 Å². The first-order valence-electron chi connectivity index (χ1n) is 9.18. The average molecular weight is 342 g/mol. The molecular formula is C18H34N2O4. The van der Waals surface area contributed by atoms with E-state index in [4.69, 9.17) is 5.73 Å². The Morgan fingerprint density at radius 1 is 0.917 bits per heavy atom. The first-order valence-corrected chi connectivity index (χ1v) is 9.18. The second-order valence-electron chi connectivity index (χ2n) is 6.38. The highest BCUT2D eigenvalue weighted by Crippen LogP contribution is 2.11. The molecule has 24 heavy (non-hydrogen) atoms. The number of amides is 3. The summed E-state index contributed by atoms with van der Waals surface area (Å²) in [6.45, 7) is 3.77. The fraction of sp³-hybridized carbons (Fsp3) is 0.833. The minimum atomic E-state index is -1.53. The van der Waals surface area contributed by atoms with Crippen molar-refractivity contribution in [3.8, 4) is 0 Å². The van der Waals surface area contributed by atoms with Gasteiger partial charge in [0, 0.05) is 13.5 Å². The van der Waals surface area contributed by atoms with Crippen molar-refractivity contribution in [3.63, 3.8) is 0 Å². The van der Waals surface area contributed by atoms with E-state index in [1.807, 2.05) is 0 Å². The lowest BCUT2D eigenvalue weighted by molar-refractivity contribution is -0.151. The fourth-order valence-electron chi connectivity index (χ4n) is 2.64. The van der Waals surface area contributed by atoms with Gasteiger partial charge in [0.2, 0.25) is 11.8 Å². The number of imide groups is 1. The molecule has 6 nitrogen and oxygen atoms in total. The minimum Gasteiger partial charge on any atom is -0.383 e. The van der Waals surface area contributed by atoms with Crippen LogP contribution in [0.4, 0.5) is 0 Å². The van der Waals surface area contributed by atoms with Gasteiger partial charge in [0.1, 0.15) is 6.10 Å². The zero-order chi connectivity index (χ0) is 18.4. The first kappa shape index (κ1) is 22.6. The van der Waals surface area contributed by atoms with E-state index in [2.05, 4.69) is 6.92 Å². The topological polar surface area (TPSA) is 101 Å². The number of nitrogens with zero attached hydrogens (tertiary/aromatic N) is 1. The molecule has 3 amide bonds. The van der Waals surface area contributed by atoms with Crippen LogP contribution in [0.25, 0.3) is 0 Å². The van der Waals surface area contributed by atoms with Gasteiger partial charge in [-0.1, -0.05) is 64.7 Å². The summed E-state index contributed by atoms with van der Waals surface area (Å²) in [5, 5.41) is 9.62. The summed E-state index contributed by atoms with van der Waals surface area (Å²) in [5.41, 5.74) is 4.96. The van der Waals surface area contributed by atoms with Gasteiger partial charge in [-0.25, -0.2) is 0 Å². The number of carbonyl (C=O) groups excluding carboxylic acids is 3. The normalized spacial score (nSPS) is 12.0. The predicted octanol–water partition coefficient (Wildman–Crippen LogP) is 2.52. The van der Waals surface area contributed by atoms with Crippen LogP contribution in [0, 0.1) is 0 Å². The molecule has 1 unspecified atom stereocenters. The third-order valence-corrected chi connectivity index (χ3v) is 4.06. The van der Waals surface area contributed by atoms with Crippen LogP contribution in [0.5, 0.6) is 0 Å². The van der Waals surface area contributed by atoms with E-state index >= 15 is 0 Å². The average Bonchev–Trinajstić information content (AvgIpc) is 2.51. The van der Waals surface area contributed by atoms with Crippen LogP contribution < -0.4 is 5.73 Å². The van der Waals surface area contributed by atoms with Crippen molar-refractivity contribution in [3.05, 3.63) is 0 Å². The Hall–Kier alpha value is -1.43. The van der Waals surface area contributed by atoms with Crippen LogP contribution in [-0.2, 0) is 14.4 Å². The molecule has 0 radical (unpaired) electrons. The maximum absolute atomic E-state index is 12.0. The van der Waals surface area contributed by atoms with Gasteiger partial charge < -0.3 is 10.8 Å². The van der Waals surface area contributed by atoms with E-state index in [1.54, 1.807) is 0 Å². The standard InChI is InChI=1S/C18H34N2O4/c1-3-4-5-6-7-8-9-10-11-12-13-20(15(2)21)18(24)16(22)14-17(19)23/h16,22H,3-14H2,1-2H3,(H2,19,23). The zero-order valence-electron chi connectivity index (χ0n) is 15.3. The lowest BCUT2D eigenvalue weighted by Gasteiger charge is -2.21. The molecule has 140 valence electrons. The van der Waals surface area contributed by atoms with Crippen molar-refractivity contribution in [2.45, 2.75) is 90.6 Å². The Labute approximate surface area is 145 Å². The third-order valence-electron chi connectivity index (χ3n) is 4.06. The minimum absolute atomic E-state index is 0.278. The maximum Gasteiger partial charge on any atom is 0.258 e. The number of aliphatic hydroxyl groups is 1. The number of nitrogens with two attached hydrogens (primary N) is 1. The third kappa shape index (κ3) is 11.2. The van der Waals surface area contributed by atoms with Crippen molar-refractivity contribution in [1.82, 2.24) is 4.90 Å². The van der Waals surface area contributed by atoms with Crippen molar-refractivity contribution >= 4 is 17.7 Å².